The molecule has 0 spiro atoms. The van der Waals surface area contributed by atoms with Crippen molar-refractivity contribution in [2.45, 2.75) is 25.3 Å². The van der Waals surface area contributed by atoms with Gasteiger partial charge in [-0.25, -0.2) is 8.78 Å². The molecule has 0 saturated carbocycles. The molecule has 1 N–H and O–H groups in total. The second-order valence-corrected chi connectivity index (χ2v) is 5.41. The van der Waals surface area contributed by atoms with Crippen LogP contribution in [0.15, 0.2) is 42.5 Å². The number of hydrogen-bond acceptors (Lipinski definition) is 1. The van der Waals surface area contributed by atoms with Crippen LogP contribution in [0.5, 0.6) is 0 Å². The molecule has 1 unspecified atom stereocenters. The van der Waals surface area contributed by atoms with Gasteiger partial charge in [-0.15, -0.1) is 0 Å². The highest BCUT2D eigenvalue weighted by Crippen LogP contribution is 2.26. The van der Waals surface area contributed by atoms with Gasteiger partial charge < -0.3 is 5.32 Å². The molecule has 0 aromatic heterocycles. The molecule has 0 saturated heterocycles. The van der Waals surface area contributed by atoms with E-state index in [1.807, 2.05) is 18.2 Å². The summed E-state index contributed by atoms with van der Waals surface area (Å²) in [5.41, 5.74) is 1.57. The predicted molar refractivity (Wildman–Crippen MR) is 82.5 cm³/mol. The Morgan fingerprint density at radius 3 is 2.48 bits per heavy atom. The Hall–Kier alpha value is -1.45. The van der Waals surface area contributed by atoms with Gasteiger partial charge in [-0.2, -0.15) is 0 Å². The van der Waals surface area contributed by atoms with Crippen LogP contribution in [0.3, 0.4) is 0 Å². The molecule has 2 rings (SSSR count). The molecule has 0 bridgehead atoms. The first-order valence-electron chi connectivity index (χ1n) is 6.97. The molecule has 0 radical (unpaired) electrons. The number of rotatable bonds is 6. The molecular formula is C17H18ClF2N. The largest absolute Gasteiger partial charge is 0.313 e. The highest BCUT2D eigenvalue weighted by molar-refractivity contribution is 6.30. The topological polar surface area (TPSA) is 12.0 Å². The molecular weight excluding hydrogens is 292 g/mol. The van der Waals surface area contributed by atoms with Gasteiger partial charge in [0, 0.05) is 11.6 Å². The molecule has 1 nitrogen and oxygen atoms in total. The highest BCUT2D eigenvalue weighted by Gasteiger charge is 2.16. The van der Waals surface area contributed by atoms with Gasteiger partial charge in [0.15, 0.2) is 0 Å². The number of hydrogen-bond donors (Lipinski definition) is 1. The van der Waals surface area contributed by atoms with E-state index in [4.69, 9.17) is 11.6 Å². The fraction of sp³-hybridized carbons (Fsp3) is 0.294. The lowest BCUT2D eigenvalue weighted by Gasteiger charge is -2.18. The van der Waals surface area contributed by atoms with Crippen molar-refractivity contribution in [3.8, 4) is 0 Å². The molecule has 21 heavy (non-hydrogen) atoms. The van der Waals surface area contributed by atoms with Crippen LogP contribution in [0.2, 0.25) is 5.02 Å². The van der Waals surface area contributed by atoms with Crippen LogP contribution in [-0.4, -0.2) is 7.05 Å². The zero-order valence-electron chi connectivity index (χ0n) is 11.9. The minimum Gasteiger partial charge on any atom is -0.313 e. The van der Waals surface area contributed by atoms with E-state index in [1.54, 1.807) is 7.05 Å². The fourth-order valence-electron chi connectivity index (χ4n) is 2.42. The van der Waals surface area contributed by atoms with Crippen LogP contribution >= 0.6 is 11.6 Å². The summed E-state index contributed by atoms with van der Waals surface area (Å²) >= 11 is 5.58. The Kier molecular flexibility index (Phi) is 5.71. The smallest absolute Gasteiger partial charge is 0.142 e. The van der Waals surface area contributed by atoms with Gasteiger partial charge in [0.2, 0.25) is 0 Å². The normalized spacial score (nSPS) is 12.4. The standard InChI is InChI=1S/C17H18ClF2N/c1-21-17(9-5-8-12-6-3-2-4-7-12)13-10-16(20)14(18)11-15(13)19/h2-4,6-7,10-11,17,21H,5,8-9H2,1H3. The first kappa shape index (κ1) is 15.9. The summed E-state index contributed by atoms with van der Waals surface area (Å²) in [5, 5.41) is 2.86. The van der Waals surface area contributed by atoms with Gasteiger partial charge in [0.1, 0.15) is 11.6 Å². The summed E-state index contributed by atoms with van der Waals surface area (Å²) in [6.07, 6.45) is 2.53. The number of aryl methyl sites for hydroxylation is 1. The lowest BCUT2D eigenvalue weighted by atomic mass is 9.98. The van der Waals surface area contributed by atoms with Crippen molar-refractivity contribution in [1.82, 2.24) is 5.32 Å². The molecule has 0 fully saturated rings. The molecule has 1 atom stereocenters. The van der Waals surface area contributed by atoms with Gasteiger partial charge in [0.05, 0.1) is 5.02 Å². The van der Waals surface area contributed by atoms with E-state index in [0.29, 0.717) is 5.56 Å². The van der Waals surface area contributed by atoms with Gasteiger partial charge in [0.25, 0.3) is 0 Å². The van der Waals surface area contributed by atoms with Crippen LogP contribution < -0.4 is 5.32 Å². The molecule has 112 valence electrons. The molecule has 0 aliphatic heterocycles. The Morgan fingerprint density at radius 1 is 1.10 bits per heavy atom. The Balaban J connectivity index is 2.02. The molecule has 0 aliphatic rings. The van der Waals surface area contributed by atoms with E-state index in [0.717, 1.165) is 25.3 Å². The van der Waals surface area contributed by atoms with Crippen LogP contribution in [0, 0.1) is 11.6 Å². The van der Waals surface area contributed by atoms with Crippen LogP contribution in [0.1, 0.15) is 30.0 Å². The van der Waals surface area contributed by atoms with Crippen LogP contribution in [0.25, 0.3) is 0 Å². The molecule has 0 heterocycles. The molecule has 0 aliphatic carbocycles. The minimum atomic E-state index is -0.587. The Labute approximate surface area is 128 Å². The Bertz CT molecular complexity index is 587. The second kappa shape index (κ2) is 7.53. The molecule has 2 aromatic rings. The van der Waals surface area contributed by atoms with E-state index in [-0.39, 0.29) is 11.1 Å². The van der Waals surface area contributed by atoms with Crippen molar-refractivity contribution in [2.75, 3.05) is 7.05 Å². The monoisotopic (exact) mass is 309 g/mol. The quantitative estimate of drug-likeness (QED) is 0.748. The van der Waals surface area contributed by atoms with E-state index in [2.05, 4.69) is 17.4 Å². The average molecular weight is 310 g/mol. The maximum atomic E-state index is 13.9. The van der Waals surface area contributed by atoms with Crippen molar-refractivity contribution >= 4 is 11.6 Å². The third-order valence-corrected chi connectivity index (χ3v) is 3.85. The fourth-order valence-corrected chi connectivity index (χ4v) is 2.57. The molecule has 2 aromatic carbocycles. The summed E-state index contributed by atoms with van der Waals surface area (Å²) in [6.45, 7) is 0. The van der Waals surface area contributed by atoms with E-state index in [9.17, 15) is 8.78 Å². The van der Waals surface area contributed by atoms with Crippen molar-refractivity contribution in [3.63, 3.8) is 0 Å². The molecule has 4 heteroatoms. The molecule has 0 amide bonds. The first-order chi connectivity index (χ1) is 10.1. The van der Waals surface area contributed by atoms with Gasteiger partial charge in [-0.1, -0.05) is 41.9 Å². The SMILES string of the molecule is CNC(CCCc1ccccc1)c1cc(F)c(Cl)cc1F. The Morgan fingerprint density at radius 2 is 1.81 bits per heavy atom. The van der Waals surface area contributed by atoms with Crippen molar-refractivity contribution in [3.05, 3.63) is 70.2 Å². The summed E-state index contributed by atoms with van der Waals surface area (Å²) in [7, 11) is 1.75. The summed E-state index contributed by atoms with van der Waals surface area (Å²) in [6, 6.07) is 12.1. The van der Waals surface area contributed by atoms with Gasteiger partial charge in [-0.05, 0) is 44.0 Å². The number of benzene rings is 2. The van der Waals surface area contributed by atoms with Gasteiger partial charge >= 0.3 is 0 Å². The van der Waals surface area contributed by atoms with Crippen LogP contribution in [0.4, 0.5) is 8.78 Å². The number of halogens is 3. The highest BCUT2D eigenvalue weighted by atomic mass is 35.5. The zero-order chi connectivity index (χ0) is 15.2. The predicted octanol–water partition coefficient (Wildman–Crippen LogP) is 4.90. The first-order valence-corrected chi connectivity index (χ1v) is 7.35. The van der Waals surface area contributed by atoms with E-state index < -0.39 is 11.6 Å². The lowest BCUT2D eigenvalue weighted by Crippen LogP contribution is -2.18. The summed E-state index contributed by atoms with van der Waals surface area (Å²) < 4.78 is 27.4. The van der Waals surface area contributed by atoms with Gasteiger partial charge in [-0.3, -0.25) is 0 Å². The van der Waals surface area contributed by atoms with Crippen LogP contribution in [-0.2, 0) is 6.42 Å². The average Bonchev–Trinajstić information content (AvgIpc) is 2.49. The second-order valence-electron chi connectivity index (χ2n) is 5.01. The third kappa shape index (κ3) is 4.26. The van der Waals surface area contributed by atoms with Crippen molar-refractivity contribution in [1.29, 1.82) is 0 Å². The lowest BCUT2D eigenvalue weighted by molar-refractivity contribution is 0.488. The minimum absolute atomic E-state index is 0.185. The maximum Gasteiger partial charge on any atom is 0.142 e. The zero-order valence-corrected chi connectivity index (χ0v) is 12.6. The summed E-state index contributed by atoms with van der Waals surface area (Å²) in [5.74, 6) is -1.06. The van der Waals surface area contributed by atoms with E-state index in [1.165, 1.54) is 11.6 Å². The van der Waals surface area contributed by atoms with E-state index >= 15 is 0 Å². The third-order valence-electron chi connectivity index (χ3n) is 3.56. The number of nitrogens with one attached hydrogen (secondary N) is 1. The maximum absolute atomic E-state index is 13.9. The van der Waals surface area contributed by atoms with Crippen molar-refractivity contribution in [2.24, 2.45) is 0 Å². The summed E-state index contributed by atoms with van der Waals surface area (Å²) in [4.78, 5) is 0. The van der Waals surface area contributed by atoms with Crippen molar-refractivity contribution < 1.29 is 8.78 Å².